The molecule has 2 rings (SSSR count). The number of hydrogen-bond donors (Lipinski definition) is 2. The first-order valence-electron chi connectivity index (χ1n) is 6.13. The smallest absolute Gasteiger partial charge is 0.141 e. The highest BCUT2D eigenvalue weighted by Gasteiger charge is 2.11. The van der Waals surface area contributed by atoms with Crippen molar-refractivity contribution < 1.29 is 13.9 Å². The zero-order valence-corrected chi connectivity index (χ0v) is 11.6. The normalized spacial score (nSPS) is 12.4. The van der Waals surface area contributed by atoms with Crippen molar-refractivity contribution in [2.75, 3.05) is 0 Å². The molecule has 0 bridgehead atoms. The summed E-state index contributed by atoms with van der Waals surface area (Å²) in [5, 5.41) is 12.9. The summed E-state index contributed by atoms with van der Waals surface area (Å²) in [5.74, 6) is -0.842. The van der Waals surface area contributed by atoms with Crippen molar-refractivity contribution in [3.05, 3.63) is 64.2 Å². The third-order valence-corrected chi connectivity index (χ3v) is 3.34. The third-order valence-electron chi connectivity index (χ3n) is 3.05. The van der Waals surface area contributed by atoms with Crippen LogP contribution in [0.3, 0.4) is 0 Å². The van der Waals surface area contributed by atoms with Gasteiger partial charge in [0.15, 0.2) is 0 Å². The van der Waals surface area contributed by atoms with E-state index in [-0.39, 0.29) is 16.8 Å². The van der Waals surface area contributed by atoms with Crippen LogP contribution >= 0.6 is 11.6 Å². The maximum Gasteiger partial charge on any atom is 0.141 e. The molecule has 20 heavy (non-hydrogen) atoms. The van der Waals surface area contributed by atoms with Crippen molar-refractivity contribution in [3.8, 4) is 5.75 Å². The number of phenolic OH excluding ortho intramolecular Hbond substituents is 1. The van der Waals surface area contributed by atoms with E-state index in [4.69, 9.17) is 11.6 Å². The summed E-state index contributed by atoms with van der Waals surface area (Å²) in [4.78, 5) is 0. The van der Waals surface area contributed by atoms with Crippen molar-refractivity contribution in [1.82, 2.24) is 5.32 Å². The summed E-state index contributed by atoms with van der Waals surface area (Å²) in [6.07, 6.45) is 0. The highest BCUT2D eigenvalue weighted by molar-refractivity contribution is 6.30. The van der Waals surface area contributed by atoms with Gasteiger partial charge in [-0.15, -0.1) is 0 Å². The van der Waals surface area contributed by atoms with Gasteiger partial charge in [-0.05, 0) is 42.8 Å². The molecule has 5 heteroatoms. The summed E-state index contributed by atoms with van der Waals surface area (Å²) < 4.78 is 26.2. The molecule has 2 nitrogen and oxygen atoms in total. The fraction of sp³-hybridized carbons (Fsp3) is 0.200. The minimum absolute atomic E-state index is 0.0311. The van der Waals surface area contributed by atoms with Crippen molar-refractivity contribution in [1.29, 1.82) is 0 Å². The molecule has 2 aromatic carbocycles. The summed E-state index contributed by atoms with van der Waals surface area (Å²) in [6, 6.07) is 7.99. The fourth-order valence-corrected chi connectivity index (χ4v) is 2.11. The van der Waals surface area contributed by atoms with E-state index in [0.29, 0.717) is 12.1 Å². The lowest BCUT2D eigenvalue weighted by atomic mass is 10.1. The Kier molecular flexibility index (Phi) is 4.57. The molecular weight excluding hydrogens is 284 g/mol. The fourth-order valence-electron chi connectivity index (χ4n) is 1.90. The van der Waals surface area contributed by atoms with Crippen LogP contribution in [0.15, 0.2) is 36.4 Å². The van der Waals surface area contributed by atoms with Gasteiger partial charge in [0.05, 0.1) is 5.02 Å². The van der Waals surface area contributed by atoms with E-state index in [1.807, 2.05) is 0 Å². The van der Waals surface area contributed by atoms with Crippen LogP contribution in [0.1, 0.15) is 24.1 Å². The van der Waals surface area contributed by atoms with Crippen LogP contribution in [0.25, 0.3) is 0 Å². The van der Waals surface area contributed by atoms with Crippen LogP contribution in [0.2, 0.25) is 5.02 Å². The van der Waals surface area contributed by atoms with Crippen LogP contribution in [0.4, 0.5) is 8.78 Å². The van der Waals surface area contributed by atoms with Crippen molar-refractivity contribution >= 4 is 11.6 Å². The lowest BCUT2D eigenvalue weighted by Crippen LogP contribution is -2.18. The average molecular weight is 298 g/mol. The minimum atomic E-state index is -0.466. The van der Waals surface area contributed by atoms with E-state index >= 15 is 0 Å². The van der Waals surface area contributed by atoms with Gasteiger partial charge in [0.25, 0.3) is 0 Å². The number of benzene rings is 2. The summed E-state index contributed by atoms with van der Waals surface area (Å²) in [6.45, 7) is 2.23. The van der Waals surface area contributed by atoms with Gasteiger partial charge in [-0.2, -0.15) is 0 Å². The minimum Gasteiger partial charge on any atom is -0.508 e. The Morgan fingerprint density at radius 3 is 2.65 bits per heavy atom. The second-order valence-corrected chi connectivity index (χ2v) is 4.96. The predicted octanol–water partition coefficient (Wildman–Crippen LogP) is 4.17. The van der Waals surface area contributed by atoms with Gasteiger partial charge in [0, 0.05) is 18.2 Å². The van der Waals surface area contributed by atoms with E-state index in [2.05, 4.69) is 5.32 Å². The lowest BCUT2D eigenvalue weighted by Gasteiger charge is -2.16. The second kappa shape index (κ2) is 6.20. The molecule has 0 spiro atoms. The zero-order valence-electron chi connectivity index (χ0n) is 10.8. The molecule has 0 aliphatic rings. The molecule has 0 saturated heterocycles. The van der Waals surface area contributed by atoms with Crippen molar-refractivity contribution in [3.63, 3.8) is 0 Å². The maximum absolute atomic E-state index is 13.2. The molecule has 0 fully saturated rings. The van der Waals surface area contributed by atoms with Gasteiger partial charge < -0.3 is 10.4 Å². The van der Waals surface area contributed by atoms with Gasteiger partial charge in [-0.25, -0.2) is 8.78 Å². The van der Waals surface area contributed by atoms with E-state index in [1.165, 1.54) is 30.3 Å². The van der Waals surface area contributed by atoms with Gasteiger partial charge in [-0.1, -0.05) is 17.7 Å². The van der Waals surface area contributed by atoms with E-state index in [1.54, 1.807) is 13.0 Å². The van der Waals surface area contributed by atoms with Gasteiger partial charge in [0.2, 0.25) is 0 Å². The van der Waals surface area contributed by atoms with Crippen LogP contribution in [-0.4, -0.2) is 5.11 Å². The van der Waals surface area contributed by atoms with Crippen molar-refractivity contribution in [2.45, 2.75) is 19.5 Å². The SMILES string of the molecule is CC(NCc1ccc(F)c(Cl)c1)c1cc(F)ccc1O. The standard InChI is InChI=1S/C15H14ClF2NO/c1-9(12-7-11(17)3-5-15(12)20)19-8-10-2-4-14(18)13(16)6-10/h2-7,9,19-20H,8H2,1H3. The van der Waals surface area contributed by atoms with E-state index in [9.17, 15) is 13.9 Å². The van der Waals surface area contributed by atoms with E-state index in [0.717, 1.165) is 5.56 Å². The molecule has 0 aliphatic heterocycles. The predicted molar refractivity (Wildman–Crippen MR) is 74.7 cm³/mol. The van der Waals surface area contributed by atoms with Gasteiger partial charge in [0.1, 0.15) is 17.4 Å². The number of rotatable bonds is 4. The molecule has 0 radical (unpaired) electrons. The van der Waals surface area contributed by atoms with Gasteiger partial charge in [-0.3, -0.25) is 0 Å². The Morgan fingerprint density at radius 1 is 1.20 bits per heavy atom. The quantitative estimate of drug-likeness (QED) is 0.887. The van der Waals surface area contributed by atoms with Crippen LogP contribution < -0.4 is 5.32 Å². The average Bonchev–Trinajstić information content (AvgIpc) is 2.42. The first kappa shape index (κ1) is 14.8. The van der Waals surface area contributed by atoms with Crippen molar-refractivity contribution in [2.24, 2.45) is 0 Å². The Balaban J connectivity index is 2.06. The highest BCUT2D eigenvalue weighted by Crippen LogP contribution is 2.25. The first-order valence-corrected chi connectivity index (χ1v) is 6.51. The molecule has 0 aromatic heterocycles. The molecule has 0 amide bonds. The Morgan fingerprint density at radius 2 is 1.95 bits per heavy atom. The van der Waals surface area contributed by atoms with Crippen LogP contribution in [0, 0.1) is 11.6 Å². The highest BCUT2D eigenvalue weighted by atomic mass is 35.5. The molecule has 1 unspecified atom stereocenters. The number of hydrogen-bond acceptors (Lipinski definition) is 2. The topological polar surface area (TPSA) is 32.3 Å². The second-order valence-electron chi connectivity index (χ2n) is 4.55. The number of nitrogens with one attached hydrogen (secondary N) is 1. The molecule has 0 aliphatic carbocycles. The Labute approximate surface area is 121 Å². The Bertz CT molecular complexity index is 619. The molecule has 106 valence electrons. The lowest BCUT2D eigenvalue weighted by molar-refractivity contribution is 0.449. The monoisotopic (exact) mass is 297 g/mol. The zero-order chi connectivity index (χ0) is 14.7. The molecule has 0 heterocycles. The number of aromatic hydroxyl groups is 1. The van der Waals surface area contributed by atoms with E-state index < -0.39 is 11.6 Å². The summed E-state index contributed by atoms with van der Waals surface area (Å²) in [7, 11) is 0. The number of halogens is 3. The molecular formula is C15H14ClF2NO. The maximum atomic E-state index is 13.2. The largest absolute Gasteiger partial charge is 0.508 e. The first-order chi connectivity index (χ1) is 9.47. The third kappa shape index (κ3) is 3.46. The number of phenols is 1. The Hall–Kier alpha value is -1.65. The molecule has 1 atom stereocenters. The summed E-state index contributed by atoms with van der Waals surface area (Å²) in [5.41, 5.74) is 1.28. The summed E-state index contributed by atoms with van der Waals surface area (Å²) >= 11 is 5.70. The molecule has 2 N–H and O–H groups in total. The molecule has 2 aromatic rings. The van der Waals surface area contributed by atoms with Gasteiger partial charge >= 0.3 is 0 Å². The van der Waals surface area contributed by atoms with Crippen LogP contribution in [0.5, 0.6) is 5.75 Å². The molecule has 0 saturated carbocycles. The van der Waals surface area contributed by atoms with Crippen LogP contribution in [-0.2, 0) is 6.54 Å².